The number of fused-ring (bicyclic) bond motifs is 1. The van der Waals surface area contributed by atoms with E-state index < -0.39 is 35.5 Å². The maximum absolute atomic E-state index is 15.8. The van der Waals surface area contributed by atoms with E-state index in [2.05, 4.69) is 5.32 Å². The molecule has 0 radical (unpaired) electrons. The van der Waals surface area contributed by atoms with Gasteiger partial charge in [0.05, 0.1) is 17.7 Å². The molecule has 1 N–H and O–H groups in total. The summed E-state index contributed by atoms with van der Waals surface area (Å²) < 4.78 is 45.6. The molecule has 3 amide bonds. The largest absolute Gasteiger partial charge is 0.488 e. The van der Waals surface area contributed by atoms with Crippen LogP contribution in [0.15, 0.2) is 36.4 Å². The molecule has 2 aromatic carbocycles. The molecular weight excluding hydrogens is 489 g/mol. The van der Waals surface area contributed by atoms with E-state index >= 15 is 4.39 Å². The Morgan fingerprint density at radius 2 is 1.76 bits per heavy atom. The Kier molecular flexibility index (Phi) is 6.12. The van der Waals surface area contributed by atoms with Crippen LogP contribution < -0.4 is 10.1 Å². The van der Waals surface area contributed by atoms with Gasteiger partial charge in [-0.05, 0) is 46.2 Å². The minimum Gasteiger partial charge on any atom is -0.488 e. The molecule has 1 atom stereocenters. The molecular formula is C29H34FN3O5. The number of carbonyl (C=O) groups excluding carboxylic acids is 3. The zero-order chi connectivity index (χ0) is 29.0. The van der Waals surface area contributed by atoms with Crippen LogP contribution in [0.2, 0.25) is 0 Å². The Balaban J connectivity index is 1.35. The number of carbonyl (C=O) groups is 3. The van der Waals surface area contributed by atoms with Crippen molar-refractivity contribution in [2.75, 3.05) is 13.1 Å². The van der Waals surface area contributed by atoms with Crippen LogP contribution in [-0.2, 0) is 34.0 Å². The summed E-state index contributed by atoms with van der Waals surface area (Å²) in [6, 6.07) is 8.84. The average molecular weight is 526 g/mol. The van der Waals surface area contributed by atoms with E-state index in [1.54, 1.807) is 35.2 Å². The molecule has 0 saturated carbocycles. The van der Waals surface area contributed by atoms with Gasteiger partial charge in [0, 0.05) is 51.0 Å². The van der Waals surface area contributed by atoms with Crippen LogP contribution >= 0.6 is 0 Å². The standard InChI is InChI=1S/C29H34FN3O5/c1-28(2)16-32(17-29(3,4)38-28)13-18-7-5-8-19(25(18)30)15-37-23-10-6-9-20-21(23)14-33(27(20)36)22-11-12-24(34)31-26(22)35/h5-10,22H,11-17H2,1-4H3,(H,31,34,35)/i13D2. The number of amides is 3. The molecule has 2 fully saturated rings. The first kappa shape index (κ1) is 23.8. The lowest BCUT2D eigenvalue weighted by Gasteiger charge is -2.47. The van der Waals surface area contributed by atoms with Crippen LogP contribution in [0.25, 0.3) is 0 Å². The van der Waals surface area contributed by atoms with Gasteiger partial charge >= 0.3 is 0 Å². The second-order valence-electron chi connectivity index (χ2n) is 11.3. The Bertz CT molecular complexity index is 1360. The molecule has 2 saturated heterocycles. The molecule has 0 bridgehead atoms. The minimum absolute atomic E-state index is 0.0837. The van der Waals surface area contributed by atoms with Crippen molar-refractivity contribution in [3.8, 4) is 5.75 Å². The van der Waals surface area contributed by atoms with Gasteiger partial charge in [-0.2, -0.15) is 0 Å². The van der Waals surface area contributed by atoms with Gasteiger partial charge in [-0.1, -0.05) is 24.3 Å². The molecule has 1 unspecified atom stereocenters. The van der Waals surface area contributed by atoms with E-state index in [1.165, 1.54) is 11.0 Å². The predicted octanol–water partition coefficient (Wildman–Crippen LogP) is 3.56. The van der Waals surface area contributed by atoms with Crippen molar-refractivity contribution in [1.29, 1.82) is 0 Å². The van der Waals surface area contributed by atoms with Crippen molar-refractivity contribution < 1.29 is 31.0 Å². The van der Waals surface area contributed by atoms with Crippen LogP contribution in [0, 0.1) is 5.82 Å². The number of imide groups is 1. The van der Waals surface area contributed by atoms with Crippen molar-refractivity contribution in [3.05, 3.63) is 64.5 Å². The molecule has 202 valence electrons. The van der Waals surface area contributed by atoms with Gasteiger partial charge in [-0.15, -0.1) is 0 Å². The Morgan fingerprint density at radius 1 is 1.08 bits per heavy atom. The second kappa shape index (κ2) is 9.78. The molecule has 2 aromatic rings. The molecule has 0 aliphatic carbocycles. The molecule has 3 aliphatic heterocycles. The molecule has 8 nitrogen and oxygen atoms in total. The summed E-state index contributed by atoms with van der Waals surface area (Å²) in [7, 11) is 0. The SMILES string of the molecule is [2H]C([2H])(c1cccc(COc2cccc3c2CN(C2CCC(=O)NC2=O)C3=O)c1F)N1CC(C)(C)OC(C)(C)C1. The van der Waals surface area contributed by atoms with Crippen molar-refractivity contribution in [1.82, 2.24) is 15.1 Å². The smallest absolute Gasteiger partial charge is 0.255 e. The topological polar surface area (TPSA) is 88.2 Å². The molecule has 9 heteroatoms. The second-order valence-corrected chi connectivity index (χ2v) is 11.3. The quantitative estimate of drug-likeness (QED) is 0.581. The fourth-order valence-electron chi connectivity index (χ4n) is 5.66. The Morgan fingerprint density at radius 3 is 2.47 bits per heavy atom. The van der Waals surface area contributed by atoms with Crippen LogP contribution in [0.4, 0.5) is 4.39 Å². The van der Waals surface area contributed by atoms with Gasteiger partial charge < -0.3 is 14.4 Å². The first-order valence-corrected chi connectivity index (χ1v) is 12.8. The van der Waals surface area contributed by atoms with Crippen molar-refractivity contribution in [2.24, 2.45) is 0 Å². The zero-order valence-corrected chi connectivity index (χ0v) is 22.1. The van der Waals surface area contributed by atoms with Crippen molar-refractivity contribution >= 4 is 17.7 Å². The molecule has 3 aliphatic rings. The molecule has 3 heterocycles. The summed E-state index contributed by atoms with van der Waals surface area (Å²) in [5.41, 5.74) is -0.151. The fourth-order valence-corrected chi connectivity index (χ4v) is 5.66. The van der Waals surface area contributed by atoms with E-state index in [4.69, 9.17) is 12.2 Å². The summed E-state index contributed by atoms with van der Waals surface area (Å²) in [6.07, 6.45) is 0.403. The molecule has 0 spiro atoms. The summed E-state index contributed by atoms with van der Waals surface area (Å²) in [5, 5.41) is 2.29. The highest BCUT2D eigenvalue weighted by Gasteiger charge is 2.40. The van der Waals surface area contributed by atoms with Gasteiger partial charge in [0.2, 0.25) is 11.8 Å². The third-order valence-corrected chi connectivity index (χ3v) is 6.98. The lowest BCUT2D eigenvalue weighted by molar-refractivity contribution is -0.182. The summed E-state index contributed by atoms with van der Waals surface area (Å²) in [6.45, 7) is 5.99. The van der Waals surface area contributed by atoms with Crippen LogP contribution in [-0.4, -0.2) is 57.9 Å². The van der Waals surface area contributed by atoms with Crippen molar-refractivity contribution in [3.63, 3.8) is 0 Å². The monoisotopic (exact) mass is 525 g/mol. The highest BCUT2D eigenvalue weighted by molar-refractivity contribution is 6.05. The van der Waals surface area contributed by atoms with E-state index in [9.17, 15) is 14.4 Å². The number of nitrogens with zero attached hydrogens (tertiary/aromatic N) is 2. The number of benzene rings is 2. The number of hydrogen-bond donors (Lipinski definition) is 1. The number of halogens is 1. The van der Waals surface area contributed by atoms with E-state index in [1.807, 2.05) is 27.7 Å². The summed E-state index contributed by atoms with van der Waals surface area (Å²) >= 11 is 0. The number of nitrogens with one attached hydrogen (secondary N) is 1. The highest BCUT2D eigenvalue weighted by atomic mass is 19.1. The van der Waals surface area contributed by atoms with Crippen molar-refractivity contribution in [2.45, 2.75) is 77.4 Å². The molecule has 0 aromatic heterocycles. The number of rotatable bonds is 6. The maximum Gasteiger partial charge on any atom is 0.255 e. The number of ether oxygens (including phenoxy) is 2. The number of hydrogen-bond acceptors (Lipinski definition) is 6. The van der Waals surface area contributed by atoms with Crippen LogP contribution in [0.5, 0.6) is 5.75 Å². The third-order valence-electron chi connectivity index (χ3n) is 6.98. The predicted molar refractivity (Wildman–Crippen MR) is 138 cm³/mol. The molecule has 38 heavy (non-hydrogen) atoms. The third kappa shape index (κ3) is 5.31. The van der Waals surface area contributed by atoms with Gasteiger partial charge in [-0.3, -0.25) is 24.6 Å². The lowest BCUT2D eigenvalue weighted by atomic mass is 9.98. The van der Waals surface area contributed by atoms with Crippen LogP contribution in [0.1, 0.15) is 70.3 Å². The molecule has 5 rings (SSSR count). The summed E-state index contributed by atoms with van der Waals surface area (Å²) in [4.78, 5) is 40.1. The van der Waals surface area contributed by atoms with Gasteiger partial charge in [-0.25, -0.2) is 4.39 Å². The van der Waals surface area contributed by atoms with E-state index in [0.29, 0.717) is 16.9 Å². The zero-order valence-electron chi connectivity index (χ0n) is 24.1. The Hall–Kier alpha value is -3.30. The average Bonchev–Trinajstić information content (AvgIpc) is 3.18. The highest BCUT2D eigenvalue weighted by Crippen LogP contribution is 2.34. The fraction of sp³-hybridized carbons (Fsp3) is 0.483. The van der Waals surface area contributed by atoms with E-state index in [-0.39, 0.29) is 62.0 Å². The maximum atomic E-state index is 15.8. The van der Waals surface area contributed by atoms with E-state index in [0.717, 1.165) is 0 Å². The number of morpholine rings is 1. The summed E-state index contributed by atoms with van der Waals surface area (Å²) in [5.74, 6) is -1.49. The lowest BCUT2D eigenvalue weighted by Crippen LogP contribution is -2.56. The van der Waals surface area contributed by atoms with Gasteiger partial charge in [0.15, 0.2) is 0 Å². The first-order valence-electron chi connectivity index (χ1n) is 13.8. The number of piperidine rings is 1. The van der Waals surface area contributed by atoms with Crippen LogP contribution in [0.3, 0.4) is 0 Å². The van der Waals surface area contributed by atoms with Gasteiger partial charge in [0.1, 0.15) is 24.2 Å². The first-order chi connectivity index (χ1) is 18.7. The minimum atomic E-state index is -2.10. The normalized spacial score (nSPS) is 24.0. The van der Waals surface area contributed by atoms with Gasteiger partial charge in [0.25, 0.3) is 5.91 Å². The Labute approximate surface area is 224 Å².